The lowest BCUT2D eigenvalue weighted by Gasteiger charge is -2.09. The van der Waals surface area contributed by atoms with Gasteiger partial charge < -0.3 is 21.5 Å². The molecule has 146 valence electrons. The fraction of sp³-hybridized carbons (Fsp3) is 0.158. The summed E-state index contributed by atoms with van der Waals surface area (Å²) in [5, 5.41) is 13.8. The lowest BCUT2D eigenvalue weighted by Crippen LogP contribution is -2.19. The highest BCUT2D eigenvalue weighted by Crippen LogP contribution is 2.21. The summed E-state index contributed by atoms with van der Waals surface area (Å²) in [6.07, 6.45) is -0.327. The molecule has 2 rings (SSSR count). The van der Waals surface area contributed by atoms with Crippen molar-refractivity contribution >= 4 is 46.8 Å². The van der Waals surface area contributed by atoms with Gasteiger partial charge in [-0.25, -0.2) is 0 Å². The number of hydrogen-bond donors (Lipinski definition) is 4. The van der Waals surface area contributed by atoms with E-state index in [1.165, 1.54) is 17.8 Å². The number of aliphatic carboxylic acids is 1. The Morgan fingerprint density at radius 1 is 0.893 bits per heavy atom. The van der Waals surface area contributed by atoms with E-state index in [1.54, 1.807) is 42.5 Å². The normalized spacial score (nSPS) is 10.1. The van der Waals surface area contributed by atoms with E-state index in [0.29, 0.717) is 11.4 Å². The summed E-state index contributed by atoms with van der Waals surface area (Å²) in [4.78, 5) is 46.3. The molecular weight excluding hydrogens is 382 g/mol. The van der Waals surface area contributed by atoms with E-state index in [-0.39, 0.29) is 36.0 Å². The SMILES string of the molecule is NC(=O)c1ccccc1NC(=O)CSc1ccc(NC(=O)CCC(=O)O)cc1. The molecule has 0 radical (unpaired) electrons. The van der Waals surface area contributed by atoms with Crippen molar-refractivity contribution in [3.8, 4) is 0 Å². The van der Waals surface area contributed by atoms with E-state index in [9.17, 15) is 19.2 Å². The van der Waals surface area contributed by atoms with Gasteiger partial charge in [0.2, 0.25) is 11.8 Å². The molecule has 0 heterocycles. The Hall–Kier alpha value is -3.33. The number of thioether (sulfide) groups is 1. The summed E-state index contributed by atoms with van der Waals surface area (Å²) in [7, 11) is 0. The predicted molar refractivity (Wildman–Crippen MR) is 106 cm³/mol. The summed E-state index contributed by atoms with van der Waals surface area (Å²) in [6, 6.07) is 13.3. The van der Waals surface area contributed by atoms with Crippen molar-refractivity contribution in [2.45, 2.75) is 17.7 Å². The number of carbonyl (C=O) groups excluding carboxylic acids is 3. The van der Waals surface area contributed by atoms with E-state index in [0.717, 1.165) is 4.90 Å². The van der Waals surface area contributed by atoms with Crippen molar-refractivity contribution in [3.63, 3.8) is 0 Å². The van der Waals surface area contributed by atoms with Gasteiger partial charge in [-0.05, 0) is 36.4 Å². The van der Waals surface area contributed by atoms with E-state index < -0.39 is 11.9 Å². The Balaban J connectivity index is 1.84. The zero-order valence-corrected chi connectivity index (χ0v) is 15.6. The first-order valence-corrected chi connectivity index (χ1v) is 9.27. The molecule has 0 saturated carbocycles. The molecule has 0 spiro atoms. The van der Waals surface area contributed by atoms with Crippen LogP contribution in [0, 0.1) is 0 Å². The van der Waals surface area contributed by atoms with Gasteiger partial charge in [0.05, 0.1) is 23.4 Å². The number of para-hydroxylation sites is 1. The van der Waals surface area contributed by atoms with Gasteiger partial charge in [-0.2, -0.15) is 0 Å². The molecule has 28 heavy (non-hydrogen) atoms. The summed E-state index contributed by atoms with van der Waals surface area (Å²) in [5.74, 6) is -2.19. The van der Waals surface area contributed by atoms with Crippen molar-refractivity contribution in [3.05, 3.63) is 54.1 Å². The average Bonchev–Trinajstić information content (AvgIpc) is 2.66. The first kappa shape index (κ1) is 21.0. The van der Waals surface area contributed by atoms with E-state index in [2.05, 4.69) is 10.6 Å². The quantitative estimate of drug-likeness (QED) is 0.476. The van der Waals surface area contributed by atoms with Gasteiger partial charge in [-0.3, -0.25) is 19.2 Å². The Labute approximate surface area is 165 Å². The second-order valence-corrected chi connectivity index (χ2v) is 6.76. The third-order valence-electron chi connectivity index (χ3n) is 3.54. The number of hydrogen-bond acceptors (Lipinski definition) is 5. The first-order valence-electron chi connectivity index (χ1n) is 8.28. The van der Waals surface area contributed by atoms with Gasteiger partial charge in [-0.15, -0.1) is 11.8 Å². The van der Waals surface area contributed by atoms with E-state index in [1.807, 2.05) is 0 Å². The lowest BCUT2D eigenvalue weighted by atomic mass is 10.1. The van der Waals surface area contributed by atoms with Crippen LogP contribution in [0.4, 0.5) is 11.4 Å². The van der Waals surface area contributed by atoms with E-state index in [4.69, 9.17) is 10.8 Å². The largest absolute Gasteiger partial charge is 0.481 e. The molecule has 0 aliphatic carbocycles. The van der Waals surface area contributed by atoms with Crippen LogP contribution in [-0.4, -0.2) is 34.6 Å². The standard InChI is InChI=1S/C19H19N3O5S/c20-19(27)14-3-1-2-4-15(14)22-17(24)11-28-13-7-5-12(6-8-13)21-16(23)9-10-18(25)26/h1-8H,9-11H2,(H2,20,27)(H,21,23)(H,22,24)(H,25,26). The smallest absolute Gasteiger partial charge is 0.303 e. The fourth-order valence-electron chi connectivity index (χ4n) is 2.22. The molecule has 2 aromatic carbocycles. The molecule has 8 nitrogen and oxygen atoms in total. The monoisotopic (exact) mass is 401 g/mol. The third kappa shape index (κ3) is 6.76. The van der Waals surface area contributed by atoms with Crippen LogP contribution < -0.4 is 16.4 Å². The molecule has 0 atom stereocenters. The Kier molecular flexibility index (Phi) is 7.58. The van der Waals surface area contributed by atoms with Gasteiger partial charge in [0.15, 0.2) is 0 Å². The van der Waals surface area contributed by atoms with Crippen LogP contribution in [0.5, 0.6) is 0 Å². The van der Waals surface area contributed by atoms with Crippen molar-refractivity contribution < 1.29 is 24.3 Å². The van der Waals surface area contributed by atoms with Crippen LogP contribution in [0.25, 0.3) is 0 Å². The number of carboxylic acid groups (broad SMARTS) is 1. The zero-order chi connectivity index (χ0) is 20.5. The Morgan fingerprint density at radius 2 is 1.57 bits per heavy atom. The Bertz CT molecular complexity index is 883. The topological polar surface area (TPSA) is 139 Å². The molecule has 0 saturated heterocycles. The number of carboxylic acids is 1. The summed E-state index contributed by atoms with van der Waals surface area (Å²) in [5.41, 5.74) is 6.43. The lowest BCUT2D eigenvalue weighted by molar-refractivity contribution is -0.138. The maximum absolute atomic E-state index is 12.1. The number of amides is 3. The molecule has 0 fully saturated rings. The summed E-state index contributed by atoms with van der Waals surface area (Å²) >= 11 is 1.29. The molecule has 2 aromatic rings. The van der Waals surface area contributed by atoms with Gasteiger partial charge in [0, 0.05) is 17.0 Å². The molecule has 5 N–H and O–H groups in total. The number of benzene rings is 2. The summed E-state index contributed by atoms with van der Waals surface area (Å²) < 4.78 is 0. The number of carbonyl (C=O) groups is 4. The molecule has 0 aliphatic heterocycles. The van der Waals surface area contributed by atoms with Gasteiger partial charge >= 0.3 is 5.97 Å². The molecule has 0 aliphatic rings. The minimum Gasteiger partial charge on any atom is -0.481 e. The average molecular weight is 401 g/mol. The molecule has 0 unspecified atom stereocenters. The minimum absolute atomic E-state index is 0.0984. The highest BCUT2D eigenvalue weighted by atomic mass is 32.2. The Morgan fingerprint density at radius 3 is 2.21 bits per heavy atom. The molecule has 0 aromatic heterocycles. The van der Waals surface area contributed by atoms with Crippen molar-refractivity contribution in [2.75, 3.05) is 16.4 Å². The van der Waals surface area contributed by atoms with Crippen molar-refractivity contribution in [1.29, 1.82) is 0 Å². The third-order valence-corrected chi connectivity index (χ3v) is 4.55. The first-order chi connectivity index (χ1) is 13.3. The van der Waals surface area contributed by atoms with Crippen LogP contribution in [0.3, 0.4) is 0 Å². The number of anilines is 2. The van der Waals surface area contributed by atoms with Crippen molar-refractivity contribution in [2.24, 2.45) is 5.73 Å². The molecule has 9 heteroatoms. The maximum Gasteiger partial charge on any atom is 0.303 e. The van der Waals surface area contributed by atoms with Gasteiger partial charge in [-0.1, -0.05) is 12.1 Å². The maximum atomic E-state index is 12.1. The number of rotatable bonds is 9. The number of primary amides is 1. The van der Waals surface area contributed by atoms with Crippen LogP contribution in [0.1, 0.15) is 23.2 Å². The number of nitrogens with one attached hydrogen (secondary N) is 2. The molecular formula is C19H19N3O5S. The predicted octanol–water partition coefficient (Wildman–Crippen LogP) is 2.32. The fourth-order valence-corrected chi connectivity index (χ4v) is 2.92. The van der Waals surface area contributed by atoms with Gasteiger partial charge in [0.1, 0.15) is 0 Å². The zero-order valence-electron chi connectivity index (χ0n) is 14.8. The van der Waals surface area contributed by atoms with Crippen LogP contribution >= 0.6 is 11.8 Å². The van der Waals surface area contributed by atoms with Crippen LogP contribution in [0.2, 0.25) is 0 Å². The second-order valence-electron chi connectivity index (χ2n) is 5.71. The van der Waals surface area contributed by atoms with Crippen molar-refractivity contribution in [1.82, 2.24) is 0 Å². The number of nitrogens with two attached hydrogens (primary N) is 1. The van der Waals surface area contributed by atoms with Gasteiger partial charge in [0.25, 0.3) is 5.91 Å². The highest BCUT2D eigenvalue weighted by molar-refractivity contribution is 8.00. The molecule has 3 amide bonds. The van der Waals surface area contributed by atoms with Crippen LogP contribution in [-0.2, 0) is 14.4 Å². The van der Waals surface area contributed by atoms with E-state index >= 15 is 0 Å². The highest BCUT2D eigenvalue weighted by Gasteiger charge is 2.11. The minimum atomic E-state index is -1.03. The van der Waals surface area contributed by atoms with Crippen LogP contribution in [0.15, 0.2) is 53.4 Å². The summed E-state index contributed by atoms with van der Waals surface area (Å²) in [6.45, 7) is 0. The second kappa shape index (κ2) is 10.1. The molecule has 0 bridgehead atoms.